The van der Waals surface area contributed by atoms with Gasteiger partial charge >= 0.3 is 0 Å². The van der Waals surface area contributed by atoms with Crippen molar-refractivity contribution in [1.29, 1.82) is 0 Å². The Morgan fingerprint density at radius 1 is 0.655 bits per heavy atom. The van der Waals surface area contributed by atoms with Gasteiger partial charge in [-0.1, -0.05) is 147 Å². The van der Waals surface area contributed by atoms with Crippen molar-refractivity contribution >= 4 is 0 Å². The minimum atomic E-state index is 0.623. The minimum absolute atomic E-state index is 0.623. The Kier molecular flexibility index (Phi) is 13.4. The molecule has 1 saturated carbocycles. The average Bonchev–Trinajstić information content (AvgIpc) is 3.39. The molecule has 1 spiro atoms. The van der Waals surface area contributed by atoms with Gasteiger partial charge < -0.3 is 0 Å². The Labute approximate surface area is 184 Å². The average molecular weight is 403 g/mol. The van der Waals surface area contributed by atoms with E-state index in [1.165, 1.54) is 148 Å². The fraction of sp³-hybridized carbons (Fsp3) is 0.931. The van der Waals surface area contributed by atoms with Crippen LogP contribution in [0.1, 0.15) is 162 Å². The highest BCUT2D eigenvalue weighted by atomic mass is 14.5. The van der Waals surface area contributed by atoms with E-state index in [0.29, 0.717) is 5.41 Å². The van der Waals surface area contributed by atoms with Crippen LogP contribution >= 0.6 is 0 Å². The maximum atomic E-state index is 2.70. The van der Waals surface area contributed by atoms with E-state index >= 15 is 0 Å². The van der Waals surface area contributed by atoms with Crippen LogP contribution in [0, 0.1) is 11.3 Å². The summed E-state index contributed by atoms with van der Waals surface area (Å²) >= 11 is 0. The summed E-state index contributed by atoms with van der Waals surface area (Å²) in [5.41, 5.74) is 2.49. The molecule has 0 aromatic carbocycles. The molecule has 2 atom stereocenters. The topological polar surface area (TPSA) is 0 Å². The first-order valence-electron chi connectivity index (χ1n) is 14.0. The predicted molar refractivity (Wildman–Crippen MR) is 132 cm³/mol. The van der Waals surface area contributed by atoms with Crippen LogP contribution in [0.5, 0.6) is 0 Å². The van der Waals surface area contributed by atoms with Crippen LogP contribution in [-0.2, 0) is 0 Å². The van der Waals surface area contributed by atoms with Gasteiger partial charge in [0.05, 0.1) is 0 Å². The van der Waals surface area contributed by atoms with Gasteiger partial charge in [0.15, 0.2) is 0 Å². The largest absolute Gasteiger partial charge is 0.0742 e. The molecule has 0 radical (unpaired) electrons. The molecule has 170 valence electrons. The van der Waals surface area contributed by atoms with E-state index in [9.17, 15) is 0 Å². The van der Waals surface area contributed by atoms with Gasteiger partial charge in [-0.3, -0.25) is 0 Å². The Balaban J connectivity index is 1.48. The summed E-state index contributed by atoms with van der Waals surface area (Å²) < 4.78 is 0. The van der Waals surface area contributed by atoms with E-state index in [1.807, 2.05) is 5.57 Å². The van der Waals surface area contributed by atoms with Gasteiger partial charge in [0.2, 0.25) is 0 Å². The minimum Gasteiger partial charge on any atom is -0.0742 e. The third-order valence-electron chi connectivity index (χ3n) is 7.99. The molecule has 0 amide bonds. The highest BCUT2D eigenvalue weighted by Gasteiger charge is 2.41. The summed E-state index contributed by atoms with van der Waals surface area (Å²) in [6, 6.07) is 0. The second-order valence-corrected chi connectivity index (χ2v) is 10.6. The second kappa shape index (κ2) is 15.5. The lowest BCUT2D eigenvalue weighted by molar-refractivity contribution is 0.375. The Hall–Kier alpha value is -0.260. The molecule has 0 aliphatic heterocycles. The molecule has 1 fully saturated rings. The standard InChI is InChI=1S/C29H54/c1-3-5-7-9-10-11-12-13-14-15-20-27-21-17-18-24-29(25-19-22-27)26-28(29)23-16-8-6-4-2/h26-27H,3-25H2,1-2H3. The van der Waals surface area contributed by atoms with Crippen molar-refractivity contribution in [2.24, 2.45) is 11.3 Å². The Bertz CT molecular complexity index is 420. The maximum Gasteiger partial charge on any atom is 0.00940 e. The van der Waals surface area contributed by atoms with Gasteiger partial charge in [-0.05, 0) is 31.6 Å². The molecule has 0 heterocycles. The quantitative estimate of drug-likeness (QED) is 0.178. The van der Waals surface area contributed by atoms with Crippen molar-refractivity contribution in [2.75, 3.05) is 0 Å². The summed E-state index contributed by atoms with van der Waals surface area (Å²) in [5.74, 6) is 1.05. The van der Waals surface area contributed by atoms with E-state index in [2.05, 4.69) is 19.9 Å². The molecular formula is C29H54. The summed E-state index contributed by atoms with van der Waals surface area (Å²) in [6.07, 6.45) is 36.6. The summed E-state index contributed by atoms with van der Waals surface area (Å²) in [4.78, 5) is 0. The first-order chi connectivity index (χ1) is 14.3. The van der Waals surface area contributed by atoms with Crippen LogP contribution in [0.4, 0.5) is 0 Å². The summed E-state index contributed by atoms with van der Waals surface area (Å²) in [5, 5.41) is 0. The molecule has 2 unspecified atom stereocenters. The zero-order chi connectivity index (χ0) is 20.6. The summed E-state index contributed by atoms with van der Waals surface area (Å²) in [7, 11) is 0. The second-order valence-electron chi connectivity index (χ2n) is 10.6. The van der Waals surface area contributed by atoms with Crippen molar-refractivity contribution in [2.45, 2.75) is 162 Å². The van der Waals surface area contributed by atoms with Crippen molar-refractivity contribution in [3.63, 3.8) is 0 Å². The van der Waals surface area contributed by atoms with Crippen LogP contribution in [-0.4, -0.2) is 0 Å². The smallest absolute Gasteiger partial charge is 0.00940 e. The van der Waals surface area contributed by atoms with Crippen molar-refractivity contribution in [3.05, 3.63) is 11.6 Å². The van der Waals surface area contributed by atoms with Gasteiger partial charge in [0, 0.05) is 5.41 Å². The van der Waals surface area contributed by atoms with Crippen LogP contribution in [0.2, 0.25) is 0 Å². The van der Waals surface area contributed by atoms with Crippen molar-refractivity contribution < 1.29 is 0 Å². The maximum absolute atomic E-state index is 2.70. The van der Waals surface area contributed by atoms with Gasteiger partial charge in [-0.15, -0.1) is 0 Å². The third-order valence-corrected chi connectivity index (χ3v) is 7.99. The lowest BCUT2D eigenvalue weighted by atomic mass is 9.86. The highest BCUT2D eigenvalue weighted by Crippen LogP contribution is 2.55. The van der Waals surface area contributed by atoms with Crippen molar-refractivity contribution in [1.82, 2.24) is 0 Å². The van der Waals surface area contributed by atoms with E-state index in [1.54, 1.807) is 0 Å². The molecule has 0 aromatic heterocycles. The normalized spacial score (nSPS) is 24.8. The van der Waals surface area contributed by atoms with Gasteiger partial charge in [-0.25, -0.2) is 0 Å². The van der Waals surface area contributed by atoms with Gasteiger partial charge in [0.25, 0.3) is 0 Å². The van der Waals surface area contributed by atoms with Crippen LogP contribution in [0.3, 0.4) is 0 Å². The highest BCUT2D eigenvalue weighted by molar-refractivity contribution is 5.38. The Morgan fingerprint density at radius 2 is 1.21 bits per heavy atom. The number of hydrogen-bond acceptors (Lipinski definition) is 0. The van der Waals surface area contributed by atoms with E-state index in [-0.39, 0.29) is 0 Å². The molecule has 0 saturated heterocycles. The SMILES string of the molecule is CCCCCCCCCCCCC1CCCCC2(C=C2CCCCCC)CCC1. The first kappa shape index (κ1) is 25.0. The van der Waals surface area contributed by atoms with E-state index in [4.69, 9.17) is 0 Å². The number of unbranched alkanes of at least 4 members (excludes halogenated alkanes) is 12. The van der Waals surface area contributed by atoms with Crippen LogP contribution in [0.25, 0.3) is 0 Å². The monoisotopic (exact) mass is 402 g/mol. The molecular weight excluding hydrogens is 348 g/mol. The fourth-order valence-electron chi connectivity index (χ4n) is 5.88. The molecule has 29 heavy (non-hydrogen) atoms. The predicted octanol–water partition coefficient (Wildman–Crippen LogP) is 10.6. The molecule has 0 N–H and O–H groups in total. The third kappa shape index (κ3) is 10.5. The molecule has 0 heteroatoms. The number of hydrogen-bond donors (Lipinski definition) is 0. The lowest BCUT2D eigenvalue weighted by Crippen LogP contribution is -2.06. The molecule has 2 rings (SSSR count). The number of allylic oxidation sites excluding steroid dienone is 2. The van der Waals surface area contributed by atoms with Gasteiger partial charge in [-0.2, -0.15) is 0 Å². The lowest BCUT2D eigenvalue weighted by Gasteiger charge is -2.18. The van der Waals surface area contributed by atoms with E-state index < -0.39 is 0 Å². The van der Waals surface area contributed by atoms with Gasteiger partial charge in [0.1, 0.15) is 0 Å². The zero-order valence-corrected chi connectivity index (χ0v) is 20.4. The Morgan fingerprint density at radius 3 is 1.90 bits per heavy atom. The first-order valence-corrected chi connectivity index (χ1v) is 14.0. The summed E-state index contributed by atoms with van der Waals surface area (Å²) in [6.45, 7) is 4.63. The zero-order valence-electron chi connectivity index (χ0n) is 20.4. The molecule has 0 bridgehead atoms. The molecule has 2 aliphatic carbocycles. The molecule has 2 aliphatic rings. The molecule has 0 aromatic rings. The van der Waals surface area contributed by atoms with Crippen LogP contribution in [0.15, 0.2) is 11.6 Å². The molecule has 0 nitrogen and oxygen atoms in total. The van der Waals surface area contributed by atoms with Crippen molar-refractivity contribution in [3.8, 4) is 0 Å². The fourth-order valence-corrected chi connectivity index (χ4v) is 5.88. The number of rotatable bonds is 16. The van der Waals surface area contributed by atoms with Crippen LogP contribution < -0.4 is 0 Å². The van der Waals surface area contributed by atoms with E-state index in [0.717, 1.165) is 5.92 Å².